The van der Waals surface area contributed by atoms with Crippen LogP contribution in [-0.4, -0.2) is 258 Å². The number of carbonyl (C=O) groups is 6. The van der Waals surface area contributed by atoms with Crippen LogP contribution in [0.3, 0.4) is 0 Å². The molecule has 0 spiro atoms. The van der Waals surface area contributed by atoms with Crippen LogP contribution in [0, 0.1) is 5.92 Å². The molecule has 0 aliphatic carbocycles. The standard InChI is InChI=1S/C25H36N6O3.C24H34BrN7O3.C20H33N5O3.C4H2BrClN2/c1-30(2)23(32)17-31(15-11-20(25(33)34)16-22-10-13-26-18-28-22)14-4-3-7-21-9-8-19-6-5-12-27-24(19)29-21;1-31(2)21(33)15-32(13-10-20(24(34)35)30-23-19(25)14-26-16-28-23)12-4-3-7-18-9-8-17-6-5-11-27-22(17)29-18;1-24(2)18(26)14-25(13-10-17(21)20(27)28)12-4-3-7-16-9-8-15-6-5-11-22-19(15)23-16;5-3-1-7-2-8-4(3)6/h8-10,13,18,20H,3-7,11-12,14-17H2,1-2H3,(H,27,29)(H,33,34);8-9,14,16,20H,3-7,10-13,15H2,1-2H3,(H,27,29)(H,34,35)(H,26,28,30);8-9,17H,3-7,10-14,21H2,1-2H3,(H,22,23)(H,27,28);1-2H/t2*20-;17-;/m100./s1. The van der Waals surface area contributed by atoms with E-state index in [0.29, 0.717) is 73.0 Å². The Morgan fingerprint density at radius 2 is 0.924 bits per heavy atom. The molecule has 6 aromatic heterocycles. The van der Waals surface area contributed by atoms with Crippen LogP contribution in [0.1, 0.15) is 117 Å². The zero-order valence-electron chi connectivity index (χ0n) is 61.4. The van der Waals surface area contributed by atoms with Gasteiger partial charge in [0.05, 0.1) is 34.5 Å². The summed E-state index contributed by atoms with van der Waals surface area (Å²) < 4.78 is 1.32. The number of halogens is 3. The predicted molar refractivity (Wildman–Crippen MR) is 413 cm³/mol. The number of carboxylic acids is 3. The lowest BCUT2D eigenvalue weighted by Gasteiger charge is -2.25. The molecule has 0 radical (unpaired) electrons. The maximum Gasteiger partial charge on any atom is 0.326 e. The van der Waals surface area contributed by atoms with E-state index in [1.54, 1.807) is 81.6 Å². The van der Waals surface area contributed by atoms with Gasteiger partial charge in [0.25, 0.3) is 0 Å². The number of aromatic nitrogens is 9. The van der Waals surface area contributed by atoms with E-state index < -0.39 is 35.9 Å². The summed E-state index contributed by atoms with van der Waals surface area (Å²) in [5, 5.41) is 41.9. The number of nitrogens with one attached hydrogen (secondary N) is 4. The Morgan fingerprint density at radius 1 is 0.505 bits per heavy atom. The van der Waals surface area contributed by atoms with Gasteiger partial charge in [0, 0.05) is 123 Å². The summed E-state index contributed by atoms with van der Waals surface area (Å²) in [6, 6.07) is 12.8. The van der Waals surface area contributed by atoms with Crippen molar-refractivity contribution in [3.63, 3.8) is 0 Å². The Hall–Kier alpha value is -8.20. The fraction of sp³-hybridized carbons (Fsp3) is 0.548. The number of fused-ring (bicyclic) bond motifs is 3. The Labute approximate surface area is 638 Å². The number of hydrogen-bond acceptors (Lipinski definition) is 23. The Morgan fingerprint density at radius 3 is 1.30 bits per heavy atom. The topological polar surface area (TPSA) is 373 Å². The zero-order valence-corrected chi connectivity index (χ0v) is 65.3. The number of unbranched alkanes of at least 4 members (excludes halogenated alkanes) is 3. The lowest BCUT2D eigenvalue weighted by Crippen LogP contribution is -2.40. The molecule has 0 bridgehead atoms. The summed E-state index contributed by atoms with van der Waals surface area (Å²) >= 11 is 12.0. The van der Waals surface area contributed by atoms with E-state index in [0.717, 1.165) is 168 Å². The molecule has 572 valence electrons. The zero-order chi connectivity index (χ0) is 76.0. The summed E-state index contributed by atoms with van der Waals surface area (Å²) in [7, 11) is 10.4. The van der Waals surface area contributed by atoms with Crippen molar-refractivity contribution in [3.8, 4) is 0 Å². The molecule has 0 unspecified atom stereocenters. The third kappa shape index (κ3) is 32.2. The summed E-state index contributed by atoms with van der Waals surface area (Å²) in [5.41, 5.74) is 13.4. The molecule has 9 rings (SSSR count). The number of carbonyl (C=O) groups excluding carboxylic acids is 3. The Kier molecular flexibility index (Phi) is 38.1. The molecule has 3 aliphatic heterocycles. The maximum absolute atomic E-state index is 12.4. The number of amides is 3. The van der Waals surface area contributed by atoms with Crippen molar-refractivity contribution in [1.82, 2.24) is 74.3 Å². The highest BCUT2D eigenvalue weighted by Crippen LogP contribution is 2.25. The van der Waals surface area contributed by atoms with Gasteiger partial charge in [0.2, 0.25) is 17.7 Å². The highest BCUT2D eigenvalue weighted by molar-refractivity contribution is 9.11. The van der Waals surface area contributed by atoms with Crippen LogP contribution >= 0.6 is 43.5 Å². The van der Waals surface area contributed by atoms with Gasteiger partial charge in [-0.25, -0.2) is 49.7 Å². The van der Waals surface area contributed by atoms with Crippen LogP contribution < -0.4 is 27.0 Å². The fourth-order valence-electron chi connectivity index (χ4n) is 11.5. The molecule has 105 heavy (non-hydrogen) atoms. The van der Waals surface area contributed by atoms with Crippen molar-refractivity contribution in [2.24, 2.45) is 11.7 Å². The predicted octanol–water partition coefficient (Wildman–Crippen LogP) is 7.78. The van der Waals surface area contributed by atoms with E-state index in [1.165, 1.54) is 35.7 Å². The van der Waals surface area contributed by atoms with Crippen molar-refractivity contribution < 1.29 is 44.1 Å². The number of aryl methyl sites for hydroxylation is 6. The van der Waals surface area contributed by atoms with E-state index in [2.05, 4.69) is 124 Å². The molecule has 9 N–H and O–H groups in total. The number of hydrogen-bond donors (Lipinski definition) is 8. The van der Waals surface area contributed by atoms with Crippen molar-refractivity contribution in [1.29, 1.82) is 0 Å². The third-order valence-electron chi connectivity index (χ3n) is 17.8. The maximum atomic E-state index is 12.4. The second-order valence-corrected chi connectivity index (χ2v) is 28.8. The molecule has 3 aliphatic rings. The van der Waals surface area contributed by atoms with Crippen LogP contribution in [0.4, 0.5) is 23.3 Å². The van der Waals surface area contributed by atoms with Crippen LogP contribution in [0.5, 0.6) is 0 Å². The van der Waals surface area contributed by atoms with Gasteiger partial charge in [-0.15, -0.1) is 0 Å². The first-order chi connectivity index (χ1) is 50.4. The first-order valence-electron chi connectivity index (χ1n) is 35.9. The smallest absolute Gasteiger partial charge is 0.326 e. The number of likely N-dealkylation sites (N-methyl/N-ethyl adjacent to an activating group) is 3. The van der Waals surface area contributed by atoms with Crippen molar-refractivity contribution >= 4 is 102 Å². The second kappa shape index (κ2) is 46.7. The molecule has 3 amide bonds. The summed E-state index contributed by atoms with van der Waals surface area (Å²) in [6.07, 6.45) is 25.3. The van der Waals surface area contributed by atoms with Crippen LogP contribution in [0.15, 0.2) is 89.0 Å². The molecular weight excluding hydrogens is 1500 g/mol. The number of anilines is 4. The lowest BCUT2D eigenvalue weighted by molar-refractivity contribution is -0.142. The van der Waals surface area contributed by atoms with Gasteiger partial charge in [0.15, 0.2) is 0 Å². The van der Waals surface area contributed by atoms with Gasteiger partial charge in [-0.05, 0) is 215 Å². The molecule has 3 atom stereocenters. The largest absolute Gasteiger partial charge is 0.481 e. The van der Waals surface area contributed by atoms with Crippen LogP contribution in [0.25, 0.3) is 0 Å². The van der Waals surface area contributed by atoms with Crippen LogP contribution in [0.2, 0.25) is 5.15 Å². The summed E-state index contributed by atoms with van der Waals surface area (Å²) in [6.45, 7) is 7.42. The van der Waals surface area contributed by atoms with Crippen molar-refractivity contribution in [2.45, 2.75) is 134 Å². The van der Waals surface area contributed by atoms with Gasteiger partial charge >= 0.3 is 17.9 Å². The number of nitrogens with zero attached hydrogens (tertiary/aromatic N) is 15. The first kappa shape index (κ1) is 85.7. The monoisotopic (exact) mass is 1600 g/mol. The van der Waals surface area contributed by atoms with E-state index in [-0.39, 0.29) is 37.4 Å². The van der Waals surface area contributed by atoms with Gasteiger partial charge in [-0.1, -0.05) is 29.8 Å². The highest BCUT2D eigenvalue weighted by atomic mass is 79.9. The SMILES string of the molecule is CN(C)C(=O)CN(CCCCc1ccc2c(n1)NCCC2)CC[C@H](Cc1ccncn1)C(=O)O.CN(C)C(=O)CN(CCCCc1ccc2c(n1)NCCC2)CC[C@H](N)C(=O)O.CN(C)C(=O)CN(CCCCc1ccc2c(n1)NCCC2)CC[C@H](Nc1ncncc1Br)C(=O)O.Clc1ncncc1Br. The molecule has 32 heteroatoms. The average Bonchev–Trinajstić information content (AvgIpc) is 0.854. The molecule has 9 heterocycles. The van der Waals surface area contributed by atoms with Crippen molar-refractivity contribution in [2.75, 3.05) is 142 Å². The molecule has 0 saturated carbocycles. The highest BCUT2D eigenvalue weighted by Gasteiger charge is 2.25. The summed E-state index contributed by atoms with van der Waals surface area (Å²) in [4.78, 5) is 120. The molecular formula is C73H105Br2ClN20O9. The number of rotatable bonds is 37. The molecule has 0 fully saturated rings. The third-order valence-corrected chi connectivity index (χ3v) is 19.5. The second-order valence-electron chi connectivity index (χ2n) is 26.8. The van der Waals surface area contributed by atoms with E-state index in [1.807, 2.05) is 9.80 Å². The Balaban J connectivity index is 0.000000235. The molecule has 0 saturated heterocycles. The first-order valence-corrected chi connectivity index (χ1v) is 37.9. The van der Waals surface area contributed by atoms with E-state index in [9.17, 15) is 39.0 Å². The normalized spacial score (nSPS) is 13.5. The van der Waals surface area contributed by atoms with Gasteiger partial charge in [0.1, 0.15) is 59.5 Å². The van der Waals surface area contributed by atoms with Gasteiger partial charge < -0.3 is 57.0 Å². The fourth-order valence-corrected chi connectivity index (χ4v) is 12.1. The van der Waals surface area contributed by atoms with E-state index in [4.69, 9.17) is 37.4 Å². The van der Waals surface area contributed by atoms with E-state index >= 15 is 0 Å². The molecule has 0 aromatic carbocycles. The number of pyridine rings is 3. The lowest BCUT2D eigenvalue weighted by atomic mass is 9.99. The molecule has 29 nitrogen and oxygen atoms in total. The Bertz CT molecular complexity index is 3660. The van der Waals surface area contributed by atoms with Crippen molar-refractivity contribution in [3.05, 3.63) is 134 Å². The minimum absolute atomic E-state index is 0.00586. The van der Waals surface area contributed by atoms with Gasteiger partial charge in [-0.2, -0.15) is 0 Å². The average molecular weight is 1600 g/mol. The number of nitrogens with two attached hydrogens (primary N) is 1. The van der Waals surface area contributed by atoms with Gasteiger partial charge in [-0.3, -0.25) is 38.7 Å². The number of aliphatic carboxylic acids is 3. The summed E-state index contributed by atoms with van der Waals surface area (Å²) in [5.74, 6) is 0.109. The minimum Gasteiger partial charge on any atom is -0.481 e. The minimum atomic E-state index is -1.01. The number of carboxylic acid groups (broad SMARTS) is 3. The quantitative estimate of drug-likeness (QED) is 0.0136. The van der Waals surface area contributed by atoms with Crippen LogP contribution in [-0.2, 0) is 73.7 Å². The molecule has 6 aromatic rings.